The van der Waals surface area contributed by atoms with Crippen LogP contribution >= 0.6 is 0 Å². The van der Waals surface area contributed by atoms with Crippen molar-refractivity contribution in [3.63, 3.8) is 0 Å². The van der Waals surface area contributed by atoms with Crippen molar-refractivity contribution in [2.75, 3.05) is 11.4 Å². The Kier molecular flexibility index (Phi) is 5.77. The molecule has 1 amide bonds. The van der Waals surface area contributed by atoms with Crippen LogP contribution in [0.4, 0.5) is 10.1 Å². The number of anilines is 1. The van der Waals surface area contributed by atoms with E-state index in [1.165, 1.54) is 0 Å². The van der Waals surface area contributed by atoms with Gasteiger partial charge in [-0.05, 0) is 107 Å². The van der Waals surface area contributed by atoms with Gasteiger partial charge in [-0.3, -0.25) is 4.79 Å². The molecule has 1 N–H and O–H groups in total. The van der Waals surface area contributed by atoms with Crippen LogP contribution in [0.1, 0.15) is 65.7 Å². The third kappa shape index (κ3) is 3.79. The number of amides is 1. The first-order chi connectivity index (χ1) is 15.0. The summed E-state index contributed by atoms with van der Waals surface area (Å²) < 4.78 is 21.3. The molecule has 1 unspecified atom stereocenters. The number of carbonyl (C=O) groups is 1. The summed E-state index contributed by atoms with van der Waals surface area (Å²) in [6.07, 6.45) is 5.33. The fourth-order valence-electron chi connectivity index (χ4n) is 5.77. The summed E-state index contributed by atoms with van der Waals surface area (Å²) in [7, 11) is 0. The highest BCUT2D eigenvalue weighted by molar-refractivity contribution is 6.00. The molecular weight excluding hydrogens is 405 g/mol. The number of hydrogen-bond donors (Lipinski definition) is 1. The van der Waals surface area contributed by atoms with E-state index in [1.807, 2.05) is 17.0 Å². The second-order valence-corrected chi connectivity index (χ2v) is 10.4. The lowest BCUT2D eigenvalue weighted by Gasteiger charge is -2.41. The summed E-state index contributed by atoms with van der Waals surface area (Å²) in [5.74, 6) is 1.16. The second-order valence-electron chi connectivity index (χ2n) is 10.4. The molecule has 174 valence electrons. The standard InChI is InChI=1S/C27H36FNO3/c1-18(2)27(28,19(3)4)20(5)32-23-10-8-22(9-11-23)29-17-16-25(24(29)30)12-14-26(31,15-13-25)21-6-7-21/h8-11,20-21,31H,1,3,6-7,12-17H2,2,4-5H3. The maximum Gasteiger partial charge on any atom is 0.233 e. The molecule has 0 radical (unpaired) electrons. The summed E-state index contributed by atoms with van der Waals surface area (Å²) in [5, 5.41) is 10.9. The van der Waals surface area contributed by atoms with Crippen LogP contribution in [0.2, 0.25) is 0 Å². The van der Waals surface area contributed by atoms with Gasteiger partial charge in [0.1, 0.15) is 11.9 Å². The van der Waals surface area contributed by atoms with Crippen molar-refractivity contribution in [3.05, 3.63) is 48.6 Å². The van der Waals surface area contributed by atoms with Crippen LogP contribution in [0.5, 0.6) is 5.75 Å². The van der Waals surface area contributed by atoms with Crippen LogP contribution in [-0.4, -0.2) is 34.9 Å². The molecule has 2 aliphatic carbocycles. The van der Waals surface area contributed by atoms with Gasteiger partial charge in [0.05, 0.1) is 11.0 Å². The van der Waals surface area contributed by atoms with Gasteiger partial charge in [0, 0.05) is 12.2 Å². The highest BCUT2D eigenvalue weighted by Gasteiger charge is 2.54. The highest BCUT2D eigenvalue weighted by Crippen LogP contribution is 2.54. The van der Waals surface area contributed by atoms with Gasteiger partial charge >= 0.3 is 0 Å². The van der Waals surface area contributed by atoms with Crippen molar-refractivity contribution in [2.45, 2.75) is 83.1 Å². The van der Waals surface area contributed by atoms with Crippen molar-refractivity contribution in [2.24, 2.45) is 11.3 Å². The van der Waals surface area contributed by atoms with Crippen molar-refractivity contribution >= 4 is 11.6 Å². The third-order valence-electron chi connectivity index (χ3n) is 8.19. The number of nitrogens with zero attached hydrogens (tertiary/aromatic N) is 1. The molecule has 5 heteroatoms. The molecule has 4 rings (SSSR count). The van der Waals surface area contributed by atoms with Gasteiger partial charge in [-0.2, -0.15) is 0 Å². The first-order valence-electron chi connectivity index (χ1n) is 11.8. The van der Waals surface area contributed by atoms with E-state index in [0.717, 1.165) is 50.6 Å². The molecule has 2 saturated carbocycles. The van der Waals surface area contributed by atoms with E-state index < -0.39 is 17.4 Å². The topological polar surface area (TPSA) is 49.8 Å². The fraction of sp³-hybridized carbons (Fsp3) is 0.593. The molecule has 1 heterocycles. The SMILES string of the molecule is C=C(C)C(F)(C(=C)C)C(C)Oc1ccc(N2CCC3(CCC(O)(C4CC4)CC3)C2=O)cc1. The quantitative estimate of drug-likeness (QED) is 0.548. The smallest absolute Gasteiger partial charge is 0.233 e. The van der Waals surface area contributed by atoms with E-state index in [9.17, 15) is 9.90 Å². The summed E-state index contributed by atoms with van der Waals surface area (Å²) in [4.78, 5) is 15.2. The summed E-state index contributed by atoms with van der Waals surface area (Å²) >= 11 is 0. The van der Waals surface area contributed by atoms with Crippen molar-refractivity contribution in [3.8, 4) is 5.75 Å². The Morgan fingerprint density at radius 1 is 1.12 bits per heavy atom. The van der Waals surface area contributed by atoms with Crippen LogP contribution < -0.4 is 9.64 Å². The minimum atomic E-state index is -1.81. The van der Waals surface area contributed by atoms with Gasteiger partial charge in [-0.1, -0.05) is 13.2 Å². The minimum Gasteiger partial charge on any atom is -0.487 e. The van der Waals surface area contributed by atoms with Gasteiger partial charge in [0.25, 0.3) is 0 Å². The molecule has 0 aromatic heterocycles. The average Bonchev–Trinajstić information content (AvgIpc) is 3.57. The zero-order valence-electron chi connectivity index (χ0n) is 19.6. The maximum absolute atomic E-state index is 15.4. The zero-order chi connectivity index (χ0) is 23.3. The van der Waals surface area contributed by atoms with E-state index >= 15 is 4.39 Å². The van der Waals surface area contributed by atoms with E-state index in [4.69, 9.17) is 4.74 Å². The van der Waals surface area contributed by atoms with Crippen LogP contribution in [-0.2, 0) is 4.79 Å². The zero-order valence-corrected chi connectivity index (χ0v) is 19.6. The number of benzene rings is 1. The molecule has 1 aromatic carbocycles. The van der Waals surface area contributed by atoms with E-state index in [1.54, 1.807) is 32.9 Å². The summed E-state index contributed by atoms with van der Waals surface area (Å²) in [6.45, 7) is 13.2. The number of halogens is 1. The summed E-state index contributed by atoms with van der Waals surface area (Å²) in [6, 6.07) is 7.30. The van der Waals surface area contributed by atoms with Crippen molar-refractivity contribution in [1.29, 1.82) is 0 Å². The molecule has 1 atom stereocenters. The van der Waals surface area contributed by atoms with Crippen molar-refractivity contribution in [1.82, 2.24) is 0 Å². The first-order valence-corrected chi connectivity index (χ1v) is 11.8. The van der Waals surface area contributed by atoms with Crippen LogP contribution in [0, 0.1) is 11.3 Å². The number of aliphatic hydroxyl groups is 1. The average molecular weight is 442 g/mol. The lowest BCUT2D eigenvalue weighted by atomic mass is 9.66. The normalized spacial score (nSPS) is 29.3. The Bertz CT molecular complexity index is 895. The Balaban J connectivity index is 1.42. The molecule has 3 fully saturated rings. The fourth-order valence-corrected chi connectivity index (χ4v) is 5.77. The number of rotatable bonds is 7. The highest BCUT2D eigenvalue weighted by atomic mass is 19.1. The molecule has 4 nitrogen and oxygen atoms in total. The Hall–Kier alpha value is -2.14. The monoisotopic (exact) mass is 441 g/mol. The van der Waals surface area contributed by atoms with E-state index in [-0.39, 0.29) is 11.3 Å². The van der Waals surface area contributed by atoms with Gasteiger partial charge in [-0.15, -0.1) is 0 Å². The van der Waals surface area contributed by atoms with Gasteiger partial charge in [-0.25, -0.2) is 4.39 Å². The molecule has 0 bridgehead atoms. The van der Waals surface area contributed by atoms with E-state index in [0.29, 0.717) is 29.4 Å². The van der Waals surface area contributed by atoms with Gasteiger partial charge in [0.2, 0.25) is 5.91 Å². The molecule has 3 aliphatic rings. The summed E-state index contributed by atoms with van der Waals surface area (Å²) in [5.41, 5.74) is -1.12. The molecule has 1 saturated heterocycles. The predicted molar refractivity (Wildman–Crippen MR) is 126 cm³/mol. The molecule has 1 aliphatic heterocycles. The first kappa shape index (κ1) is 23.0. The van der Waals surface area contributed by atoms with Crippen LogP contribution in [0.15, 0.2) is 48.6 Å². The Morgan fingerprint density at radius 2 is 1.69 bits per heavy atom. The minimum absolute atomic E-state index is 0.171. The lowest BCUT2D eigenvalue weighted by molar-refractivity contribution is -0.131. The van der Waals surface area contributed by atoms with Crippen LogP contribution in [0.25, 0.3) is 0 Å². The Labute approximate surface area is 191 Å². The lowest BCUT2D eigenvalue weighted by Crippen LogP contribution is -2.44. The predicted octanol–water partition coefficient (Wildman–Crippen LogP) is 5.75. The number of hydrogen-bond acceptors (Lipinski definition) is 3. The van der Waals surface area contributed by atoms with Crippen molar-refractivity contribution < 1.29 is 19.0 Å². The maximum atomic E-state index is 15.4. The number of alkyl halides is 1. The molecule has 32 heavy (non-hydrogen) atoms. The van der Waals surface area contributed by atoms with Crippen LogP contribution in [0.3, 0.4) is 0 Å². The van der Waals surface area contributed by atoms with Gasteiger partial charge in [0.15, 0.2) is 5.67 Å². The molecule has 1 aromatic rings. The van der Waals surface area contributed by atoms with Gasteiger partial charge < -0.3 is 14.7 Å². The third-order valence-corrected chi connectivity index (χ3v) is 8.19. The van der Waals surface area contributed by atoms with E-state index in [2.05, 4.69) is 13.2 Å². The second kappa shape index (κ2) is 8.02. The number of ether oxygens (including phenoxy) is 1. The molecular formula is C27H36FNO3. The largest absolute Gasteiger partial charge is 0.487 e. The Morgan fingerprint density at radius 3 is 2.19 bits per heavy atom. The number of carbonyl (C=O) groups excluding carboxylic acids is 1. The molecule has 1 spiro atoms.